The zero-order valence-corrected chi connectivity index (χ0v) is 12.9. The number of nitrogens with one attached hydrogen (secondary N) is 1. The monoisotopic (exact) mass is 300 g/mol. The fraction of sp³-hybridized carbons (Fsp3) is 0.471. The van der Waals surface area contributed by atoms with Crippen molar-refractivity contribution >= 4 is 5.69 Å². The van der Waals surface area contributed by atoms with Gasteiger partial charge in [-0.1, -0.05) is 30.3 Å². The van der Waals surface area contributed by atoms with Crippen LogP contribution in [0.15, 0.2) is 42.7 Å². The quantitative estimate of drug-likeness (QED) is 0.815. The molecule has 1 saturated heterocycles. The first-order chi connectivity index (χ1) is 10.8. The Morgan fingerprint density at radius 3 is 2.91 bits per heavy atom. The van der Waals surface area contributed by atoms with E-state index >= 15 is 0 Å². The molecule has 5 nitrogen and oxygen atoms in total. The molecule has 2 aromatic rings. The molecule has 1 aliphatic heterocycles. The molecule has 3 rings (SSSR count). The van der Waals surface area contributed by atoms with E-state index in [1.165, 1.54) is 12.0 Å². The molecule has 2 heterocycles. The molecular weight excluding hydrogens is 276 g/mol. The van der Waals surface area contributed by atoms with Crippen molar-refractivity contribution in [1.82, 2.24) is 14.7 Å². The van der Waals surface area contributed by atoms with Gasteiger partial charge < -0.3 is 15.3 Å². The lowest BCUT2D eigenvalue weighted by molar-refractivity contribution is 0.269. The first-order valence-corrected chi connectivity index (χ1v) is 7.99. The number of rotatable bonds is 7. The van der Waals surface area contributed by atoms with Crippen LogP contribution in [0.4, 0.5) is 5.69 Å². The molecular formula is C17H24N4O. The average Bonchev–Trinajstić information content (AvgIpc) is 3.17. The smallest absolute Gasteiger partial charge is 0.0729 e. The topological polar surface area (TPSA) is 53.3 Å². The summed E-state index contributed by atoms with van der Waals surface area (Å²) < 4.78 is 1.77. The van der Waals surface area contributed by atoms with Crippen molar-refractivity contribution in [3.63, 3.8) is 0 Å². The molecule has 0 radical (unpaired) electrons. The SMILES string of the molecule is OCCn1cc(NC2CCN(CCc3ccccc3)C2)cn1. The van der Waals surface area contributed by atoms with E-state index in [-0.39, 0.29) is 6.61 Å². The standard InChI is InChI=1S/C17H24N4O/c22-11-10-21-14-17(12-18-21)19-16-7-9-20(13-16)8-6-15-4-2-1-3-5-15/h1-5,12,14,16,19,22H,6-11,13H2. The minimum atomic E-state index is 0.123. The Balaban J connectivity index is 1.43. The summed E-state index contributed by atoms with van der Waals surface area (Å²) in [4.78, 5) is 2.52. The predicted octanol–water partition coefficient (Wildman–Crippen LogP) is 1.60. The number of aliphatic hydroxyl groups excluding tert-OH is 1. The lowest BCUT2D eigenvalue weighted by atomic mass is 10.1. The fourth-order valence-electron chi connectivity index (χ4n) is 2.98. The van der Waals surface area contributed by atoms with Gasteiger partial charge in [0.1, 0.15) is 0 Å². The van der Waals surface area contributed by atoms with E-state index in [1.54, 1.807) is 4.68 Å². The van der Waals surface area contributed by atoms with Crippen LogP contribution < -0.4 is 5.32 Å². The second kappa shape index (κ2) is 7.42. The highest BCUT2D eigenvalue weighted by Gasteiger charge is 2.22. The van der Waals surface area contributed by atoms with Crippen LogP contribution in [0, 0.1) is 0 Å². The Kier molecular flexibility index (Phi) is 5.08. The van der Waals surface area contributed by atoms with Crippen molar-refractivity contribution in [2.24, 2.45) is 0 Å². The summed E-state index contributed by atoms with van der Waals surface area (Å²) in [6.45, 7) is 4.02. The van der Waals surface area contributed by atoms with Crippen molar-refractivity contribution in [2.75, 3.05) is 31.6 Å². The van der Waals surface area contributed by atoms with Gasteiger partial charge in [-0.25, -0.2) is 0 Å². The second-order valence-electron chi connectivity index (χ2n) is 5.88. The number of hydrogen-bond acceptors (Lipinski definition) is 4. The third-order valence-electron chi connectivity index (χ3n) is 4.17. The normalized spacial score (nSPS) is 18.7. The van der Waals surface area contributed by atoms with Crippen LogP contribution in [0.2, 0.25) is 0 Å². The molecule has 1 fully saturated rings. The first kappa shape index (κ1) is 15.1. The molecule has 1 aromatic heterocycles. The number of nitrogens with zero attached hydrogens (tertiary/aromatic N) is 3. The number of benzene rings is 1. The molecule has 1 unspecified atom stereocenters. The number of aliphatic hydroxyl groups is 1. The summed E-state index contributed by atoms with van der Waals surface area (Å²) in [5, 5.41) is 16.7. The molecule has 0 aliphatic carbocycles. The van der Waals surface area contributed by atoms with Crippen molar-refractivity contribution in [3.8, 4) is 0 Å². The molecule has 1 aliphatic rings. The number of anilines is 1. The molecule has 0 amide bonds. The Hall–Kier alpha value is -1.85. The number of hydrogen-bond donors (Lipinski definition) is 2. The molecule has 118 valence electrons. The summed E-state index contributed by atoms with van der Waals surface area (Å²) in [6.07, 6.45) is 6.08. The van der Waals surface area contributed by atoms with Gasteiger partial charge in [-0.05, 0) is 18.4 Å². The fourth-order valence-corrected chi connectivity index (χ4v) is 2.98. The summed E-state index contributed by atoms with van der Waals surface area (Å²) >= 11 is 0. The van der Waals surface area contributed by atoms with E-state index in [0.29, 0.717) is 12.6 Å². The Bertz CT molecular complexity index is 569. The average molecular weight is 300 g/mol. The van der Waals surface area contributed by atoms with Crippen molar-refractivity contribution in [2.45, 2.75) is 25.4 Å². The third kappa shape index (κ3) is 4.08. The molecule has 22 heavy (non-hydrogen) atoms. The Labute approximate surface area is 131 Å². The van der Waals surface area contributed by atoms with E-state index in [2.05, 4.69) is 45.6 Å². The van der Waals surface area contributed by atoms with Crippen LogP contribution in [-0.4, -0.2) is 52.1 Å². The largest absolute Gasteiger partial charge is 0.394 e. The lowest BCUT2D eigenvalue weighted by Gasteiger charge is -2.16. The van der Waals surface area contributed by atoms with E-state index in [0.717, 1.165) is 31.7 Å². The lowest BCUT2D eigenvalue weighted by Crippen LogP contribution is -2.27. The molecule has 0 saturated carbocycles. The Morgan fingerprint density at radius 1 is 1.23 bits per heavy atom. The van der Waals surface area contributed by atoms with Crippen LogP contribution in [0.25, 0.3) is 0 Å². The van der Waals surface area contributed by atoms with Gasteiger partial charge in [0, 0.05) is 31.9 Å². The summed E-state index contributed by atoms with van der Waals surface area (Å²) in [6, 6.07) is 11.2. The van der Waals surface area contributed by atoms with E-state index in [4.69, 9.17) is 5.11 Å². The van der Waals surface area contributed by atoms with Gasteiger partial charge in [-0.2, -0.15) is 5.10 Å². The van der Waals surface area contributed by atoms with Crippen LogP contribution >= 0.6 is 0 Å². The maximum absolute atomic E-state index is 8.91. The van der Waals surface area contributed by atoms with Gasteiger partial charge in [0.15, 0.2) is 0 Å². The van der Waals surface area contributed by atoms with Crippen LogP contribution in [0.5, 0.6) is 0 Å². The van der Waals surface area contributed by atoms with Gasteiger partial charge >= 0.3 is 0 Å². The van der Waals surface area contributed by atoms with Crippen LogP contribution in [0.3, 0.4) is 0 Å². The molecule has 1 atom stereocenters. The zero-order valence-electron chi connectivity index (χ0n) is 12.9. The van der Waals surface area contributed by atoms with Gasteiger partial charge in [0.05, 0.1) is 25.0 Å². The van der Waals surface area contributed by atoms with E-state index in [9.17, 15) is 0 Å². The van der Waals surface area contributed by atoms with Crippen molar-refractivity contribution in [3.05, 3.63) is 48.3 Å². The van der Waals surface area contributed by atoms with Gasteiger partial charge in [-0.15, -0.1) is 0 Å². The third-order valence-corrected chi connectivity index (χ3v) is 4.17. The highest BCUT2D eigenvalue weighted by molar-refractivity contribution is 5.39. The van der Waals surface area contributed by atoms with E-state index < -0.39 is 0 Å². The second-order valence-corrected chi connectivity index (χ2v) is 5.88. The maximum Gasteiger partial charge on any atom is 0.0729 e. The molecule has 5 heteroatoms. The molecule has 0 bridgehead atoms. The van der Waals surface area contributed by atoms with Gasteiger partial charge in [0.2, 0.25) is 0 Å². The minimum Gasteiger partial charge on any atom is -0.394 e. The predicted molar refractivity (Wildman–Crippen MR) is 87.9 cm³/mol. The zero-order chi connectivity index (χ0) is 15.2. The van der Waals surface area contributed by atoms with Crippen LogP contribution in [0.1, 0.15) is 12.0 Å². The molecule has 0 spiro atoms. The highest BCUT2D eigenvalue weighted by atomic mass is 16.3. The van der Waals surface area contributed by atoms with E-state index in [1.807, 2.05) is 12.4 Å². The maximum atomic E-state index is 8.91. The van der Waals surface area contributed by atoms with Gasteiger partial charge in [-0.3, -0.25) is 4.68 Å². The van der Waals surface area contributed by atoms with Crippen LogP contribution in [-0.2, 0) is 13.0 Å². The number of aromatic nitrogens is 2. The van der Waals surface area contributed by atoms with Crippen molar-refractivity contribution < 1.29 is 5.11 Å². The minimum absolute atomic E-state index is 0.123. The Morgan fingerprint density at radius 2 is 2.09 bits per heavy atom. The highest BCUT2D eigenvalue weighted by Crippen LogP contribution is 2.16. The van der Waals surface area contributed by atoms with Gasteiger partial charge in [0.25, 0.3) is 0 Å². The first-order valence-electron chi connectivity index (χ1n) is 7.99. The summed E-state index contributed by atoms with van der Waals surface area (Å²) in [5.74, 6) is 0. The number of likely N-dealkylation sites (tertiary alicyclic amines) is 1. The molecule has 1 aromatic carbocycles. The molecule has 2 N–H and O–H groups in total. The van der Waals surface area contributed by atoms with Crippen molar-refractivity contribution in [1.29, 1.82) is 0 Å². The summed E-state index contributed by atoms with van der Waals surface area (Å²) in [5.41, 5.74) is 2.45. The summed E-state index contributed by atoms with van der Waals surface area (Å²) in [7, 11) is 0.